The number of hydrogen-bond acceptors (Lipinski definition) is 9. The molecule has 1 aliphatic rings. The largest absolute Gasteiger partial charge is 0.480 e. The Morgan fingerprint density at radius 3 is 1.50 bits per heavy atom. The van der Waals surface area contributed by atoms with Crippen molar-refractivity contribution in [3.05, 3.63) is 59.7 Å². The van der Waals surface area contributed by atoms with Gasteiger partial charge in [-0.3, -0.25) is 14.6 Å². The molecule has 1 aliphatic heterocycles. The van der Waals surface area contributed by atoms with Crippen molar-refractivity contribution in [2.45, 2.75) is 20.0 Å². The van der Waals surface area contributed by atoms with E-state index in [4.69, 9.17) is 18.9 Å². The van der Waals surface area contributed by atoms with Gasteiger partial charge in [-0.25, -0.2) is 0 Å². The average Bonchev–Trinajstić information content (AvgIpc) is 2.98. The van der Waals surface area contributed by atoms with Crippen molar-refractivity contribution in [1.82, 2.24) is 9.80 Å². The first kappa shape index (κ1) is 33.8. The van der Waals surface area contributed by atoms with Crippen LogP contribution in [-0.4, -0.2) is 127 Å². The van der Waals surface area contributed by atoms with Crippen molar-refractivity contribution in [3.8, 4) is 0 Å². The van der Waals surface area contributed by atoms with Gasteiger partial charge in [0.25, 0.3) is 0 Å². The van der Waals surface area contributed by atoms with Gasteiger partial charge in [0.15, 0.2) is 0 Å². The van der Waals surface area contributed by atoms with E-state index < -0.39 is 5.97 Å². The van der Waals surface area contributed by atoms with Crippen LogP contribution in [-0.2, 0) is 36.8 Å². The highest BCUT2D eigenvalue weighted by molar-refractivity contribution is 5.74. The molecule has 0 atom stereocenters. The van der Waals surface area contributed by atoms with Crippen LogP contribution in [0.1, 0.15) is 18.1 Å². The zero-order valence-electron chi connectivity index (χ0n) is 25.7. The normalized spacial score (nSPS) is 17.7. The summed E-state index contributed by atoms with van der Waals surface area (Å²) in [4.78, 5) is 20.1. The van der Waals surface area contributed by atoms with Crippen molar-refractivity contribution < 1.29 is 28.8 Å². The summed E-state index contributed by atoms with van der Waals surface area (Å²) in [5, 5.41) is 9.37. The highest BCUT2D eigenvalue weighted by Crippen LogP contribution is 2.22. The van der Waals surface area contributed by atoms with Gasteiger partial charge in [-0.1, -0.05) is 36.4 Å². The number of anilines is 2. The Hall–Kier alpha value is -2.73. The molecule has 0 spiro atoms. The van der Waals surface area contributed by atoms with E-state index in [1.165, 1.54) is 11.3 Å². The Morgan fingerprint density at radius 2 is 1.10 bits per heavy atom. The summed E-state index contributed by atoms with van der Waals surface area (Å²) in [6.07, 6.45) is 0. The molecule has 1 N–H and O–H groups in total. The Kier molecular flexibility index (Phi) is 15.6. The maximum atomic E-state index is 11.4. The molecule has 1 fully saturated rings. The van der Waals surface area contributed by atoms with Crippen LogP contribution < -0.4 is 9.80 Å². The summed E-state index contributed by atoms with van der Waals surface area (Å²) in [7, 11) is 4.15. The van der Waals surface area contributed by atoms with E-state index in [-0.39, 0.29) is 6.54 Å². The Bertz CT molecular complexity index is 1020. The second kappa shape index (κ2) is 19.5. The van der Waals surface area contributed by atoms with E-state index in [1.807, 2.05) is 30.0 Å². The van der Waals surface area contributed by atoms with Gasteiger partial charge in [-0.15, -0.1) is 0 Å². The number of carbonyl (C=O) groups is 1. The van der Waals surface area contributed by atoms with Gasteiger partial charge in [-0.05, 0) is 30.2 Å². The van der Waals surface area contributed by atoms with Crippen molar-refractivity contribution in [1.29, 1.82) is 0 Å². The maximum absolute atomic E-state index is 11.4. The molecule has 0 aromatic heterocycles. The van der Waals surface area contributed by atoms with Crippen LogP contribution >= 0.6 is 0 Å². The van der Waals surface area contributed by atoms with Gasteiger partial charge >= 0.3 is 5.97 Å². The lowest BCUT2D eigenvalue weighted by molar-refractivity contribution is -0.135. The van der Waals surface area contributed by atoms with Crippen LogP contribution in [0, 0.1) is 0 Å². The predicted octanol–water partition coefficient (Wildman–Crippen LogP) is 3.05. The maximum Gasteiger partial charge on any atom is 0.323 e. The van der Waals surface area contributed by atoms with E-state index >= 15 is 0 Å². The quantitative estimate of drug-likeness (QED) is 0.473. The standard InChI is InChI=1S/C32H50N4O6/c1-4-36(27-32(37)38)31-12-8-6-10-29(31)26-35-15-19-41-23-21-39-17-13-34(14-18-40-22-24-42-20-16-35)25-28-9-5-7-11-30(28)33(2)3/h5-12H,4,13-27H2,1-3H3,(H,37,38). The molecule has 1 saturated heterocycles. The summed E-state index contributed by atoms with van der Waals surface area (Å²) in [5.41, 5.74) is 4.55. The van der Waals surface area contributed by atoms with Crippen LogP contribution in [0.3, 0.4) is 0 Å². The number of aliphatic carboxylic acids is 1. The first-order chi connectivity index (χ1) is 20.5. The van der Waals surface area contributed by atoms with Gasteiger partial charge in [0, 0.05) is 71.3 Å². The van der Waals surface area contributed by atoms with Crippen molar-refractivity contribution in [3.63, 3.8) is 0 Å². The minimum absolute atomic E-state index is 0.0269. The topological polar surface area (TPSA) is 87.2 Å². The number of nitrogens with zero attached hydrogens (tertiary/aromatic N) is 4. The Balaban J connectivity index is 1.54. The van der Waals surface area contributed by atoms with Gasteiger partial charge in [-0.2, -0.15) is 0 Å². The lowest BCUT2D eigenvalue weighted by Gasteiger charge is -2.28. The van der Waals surface area contributed by atoms with Crippen LogP contribution in [0.5, 0.6) is 0 Å². The number of carboxylic acid groups (broad SMARTS) is 1. The van der Waals surface area contributed by atoms with E-state index in [0.717, 1.165) is 44.0 Å². The highest BCUT2D eigenvalue weighted by Gasteiger charge is 2.16. The number of hydrogen-bond donors (Lipinski definition) is 1. The Morgan fingerprint density at radius 1 is 0.690 bits per heavy atom. The monoisotopic (exact) mass is 586 g/mol. The number of rotatable bonds is 9. The molecule has 0 saturated carbocycles. The SMILES string of the molecule is CCN(CC(=O)O)c1ccccc1CN1CCOCCOCCN(Cc2ccccc2N(C)C)CCOCCOCC1. The molecule has 0 radical (unpaired) electrons. The van der Waals surface area contributed by atoms with E-state index in [2.05, 4.69) is 59.1 Å². The molecule has 10 nitrogen and oxygen atoms in total. The average molecular weight is 587 g/mol. The van der Waals surface area contributed by atoms with Crippen LogP contribution in [0.25, 0.3) is 0 Å². The summed E-state index contributed by atoms with van der Waals surface area (Å²) in [5.74, 6) is -0.836. The molecular formula is C32H50N4O6. The molecule has 2 aromatic rings. The number of likely N-dealkylation sites (N-methyl/N-ethyl adjacent to an activating group) is 1. The fourth-order valence-electron chi connectivity index (χ4n) is 5.00. The number of carboxylic acids is 1. The van der Waals surface area contributed by atoms with Gasteiger partial charge < -0.3 is 33.9 Å². The molecule has 10 heteroatoms. The smallest absolute Gasteiger partial charge is 0.323 e. The van der Waals surface area contributed by atoms with E-state index in [9.17, 15) is 9.90 Å². The Labute approximate surface area is 251 Å². The minimum atomic E-state index is -0.836. The number of benzene rings is 2. The first-order valence-electron chi connectivity index (χ1n) is 15.0. The second-order valence-corrected chi connectivity index (χ2v) is 10.6. The lowest BCUT2D eigenvalue weighted by Crippen LogP contribution is -2.34. The number of para-hydroxylation sites is 2. The van der Waals surface area contributed by atoms with Gasteiger partial charge in [0.05, 0.1) is 52.9 Å². The first-order valence-corrected chi connectivity index (χ1v) is 15.0. The lowest BCUT2D eigenvalue weighted by atomic mass is 10.1. The third-order valence-electron chi connectivity index (χ3n) is 7.25. The molecule has 0 bridgehead atoms. The third-order valence-corrected chi connectivity index (χ3v) is 7.25. The van der Waals surface area contributed by atoms with E-state index in [0.29, 0.717) is 65.9 Å². The molecule has 42 heavy (non-hydrogen) atoms. The van der Waals surface area contributed by atoms with Crippen molar-refractivity contribution >= 4 is 17.3 Å². The predicted molar refractivity (Wildman–Crippen MR) is 167 cm³/mol. The fraction of sp³-hybridized carbons (Fsp3) is 0.594. The summed E-state index contributed by atoms with van der Waals surface area (Å²) in [6.45, 7) is 11.8. The molecule has 2 aromatic carbocycles. The number of ether oxygens (including phenoxy) is 4. The van der Waals surface area contributed by atoms with Crippen molar-refractivity contribution in [2.75, 3.05) is 116 Å². The van der Waals surface area contributed by atoms with E-state index in [1.54, 1.807) is 0 Å². The minimum Gasteiger partial charge on any atom is -0.480 e. The van der Waals surface area contributed by atoms with Crippen LogP contribution in [0.15, 0.2) is 48.5 Å². The van der Waals surface area contributed by atoms with Crippen LogP contribution in [0.4, 0.5) is 11.4 Å². The van der Waals surface area contributed by atoms with Crippen LogP contribution in [0.2, 0.25) is 0 Å². The molecule has 3 rings (SSSR count). The zero-order valence-corrected chi connectivity index (χ0v) is 25.7. The highest BCUT2D eigenvalue weighted by atomic mass is 16.5. The molecule has 1 heterocycles. The summed E-state index contributed by atoms with van der Waals surface area (Å²) >= 11 is 0. The van der Waals surface area contributed by atoms with Gasteiger partial charge in [0.1, 0.15) is 6.54 Å². The second-order valence-electron chi connectivity index (χ2n) is 10.6. The molecule has 0 aliphatic carbocycles. The molecule has 0 amide bonds. The zero-order chi connectivity index (χ0) is 30.0. The fourth-order valence-corrected chi connectivity index (χ4v) is 5.00. The molecular weight excluding hydrogens is 536 g/mol. The van der Waals surface area contributed by atoms with Crippen molar-refractivity contribution in [2.24, 2.45) is 0 Å². The molecule has 234 valence electrons. The summed E-state index contributed by atoms with van der Waals surface area (Å²) < 4.78 is 23.7. The molecule has 0 unspecified atom stereocenters. The summed E-state index contributed by atoms with van der Waals surface area (Å²) in [6, 6.07) is 16.5. The third kappa shape index (κ3) is 12.2. The van der Waals surface area contributed by atoms with Gasteiger partial charge in [0.2, 0.25) is 0 Å².